The summed E-state index contributed by atoms with van der Waals surface area (Å²) in [5, 5.41) is 12.4. The van der Waals surface area contributed by atoms with Gasteiger partial charge in [0.15, 0.2) is 0 Å². The fraction of sp³-hybridized carbons (Fsp3) is 0.909. The maximum atomic E-state index is 10.9. The Bertz CT molecular complexity index is 237. The summed E-state index contributed by atoms with van der Waals surface area (Å²) in [6, 6.07) is 0. The Morgan fingerprint density at radius 2 is 2.43 bits per heavy atom. The lowest BCUT2D eigenvalue weighted by atomic mass is 9.78. The number of aliphatic carboxylic acids is 1. The first-order chi connectivity index (χ1) is 6.68. The van der Waals surface area contributed by atoms with Crippen LogP contribution in [-0.2, 0) is 4.79 Å². The molecule has 2 saturated carbocycles. The highest BCUT2D eigenvalue weighted by atomic mass is 16.4. The molecule has 0 heterocycles. The largest absolute Gasteiger partial charge is 0.481 e. The SMILES string of the molecule is CCNC1(CC(=O)O)CCCC2CC21. The van der Waals surface area contributed by atoms with E-state index >= 15 is 0 Å². The van der Waals surface area contributed by atoms with Crippen molar-refractivity contribution in [2.24, 2.45) is 11.8 Å². The first-order valence-electron chi connectivity index (χ1n) is 5.65. The first kappa shape index (κ1) is 9.97. The van der Waals surface area contributed by atoms with Gasteiger partial charge in [0.1, 0.15) is 0 Å². The highest BCUT2D eigenvalue weighted by Gasteiger charge is 2.54. The number of carboxylic acid groups (broad SMARTS) is 1. The molecular formula is C11H19NO2. The molecule has 2 aliphatic rings. The monoisotopic (exact) mass is 197 g/mol. The van der Waals surface area contributed by atoms with E-state index in [1.54, 1.807) is 0 Å². The number of carboxylic acids is 1. The van der Waals surface area contributed by atoms with Gasteiger partial charge in [-0.15, -0.1) is 0 Å². The van der Waals surface area contributed by atoms with Gasteiger partial charge in [-0.2, -0.15) is 0 Å². The van der Waals surface area contributed by atoms with E-state index in [-0.39, 0.29) is 5.54 Å². The third-order valence-electron chi connectivity index (χ3n) is 3.83. The number of hydrogen-bond acceptors (Lipinski definition) is 2. The summed E-state index contributed by atoms with van der Waals surface area (Å²) in [7, 11) is 0. The van der Waals surface area contributed by atoms with Crippen LogP contribution in [0.4, 0.5) is 0 Å². The molecular weight excluding hydrogens is 178 g/mol. The van der Waals surface area contributed by atoms with Crippen molar-refractivity contribution in [1.29, 1.82) is 0 Å². The predicted molar refractivity (Wildman–Crippen MR) is 54.1 cm³/mol. The molecule has 14 heavy (non-hydrogen) atoms. The van der Waals surface area contributed by atoms with E-state index < -0.39 is 5.97 Å². The van der Waals surface area contributed by atoms with Crippen molar-refractivity contribution in [1.82, 2.24) is 5.32 Å². The molecule has 80 valence electrons. The molecule has 3 atom stereocenters. The Kier molecular flexibility index (Phi) is 2.52. The van der Waals surface area contributed by atoms with Crippen LogP contribution in [0.2, 0.25) is 0 Å². The van der Waals surface area contributed by atoms with Crippen LogP contribution in [0, 0.1) is 11.8 Å². The molecule has 2 N–H and O–H groups in total. The molecule has 2 aliphatic carbocycles. The number of fused-ring (bicyclic) bond motifs is 1. The van der Waals surface area contributed by atoms with Gasteiger partial charge in [0.2, 0.25) is 0 Å². The fourth-order valence-corrected chi connectivity index (χ4v) is 3.23. The summed E-state index contributed by atoms with van der Waals surface area (Å²) >= 11 is 0. The highest BCUT2D eigenvalue weighted by Crippen LogP contribution is 2.55. The number of hydrogen-bond donors (Lipinski definition) is 2. The molecule has 0 aromatic heterocycles. The van der Waals surface area contributed by atoms with Gasteiger partial charge in [0.25, 0.3) is 0 Å². The first-order valence-corrected chi connectivity index (χ1v) is 5.65. The fourth-order valence-electron chi connectivity index (χ4n) is 3.23. The lowest BCUT2D eigenvalue weighted by Crippen LogP contribution is -2.50. The van der Waals surface area contributed by atoms with Gasteiger partial charge in [0.05, 0.1) is 6.42 Å². The Morgan fingerprint density at radius 1 is 1.64 bits per heavy atom. The summed E-state index contributed by atoms with van der Waals surface area (Å²) in [5.74, 6) is 0.813. The summed E-state index contributed by atoms with van der Waals surface area (Å²) in [6.45, 7) is 2.95. The van der Waals surface area contributed by atoms with Crippen molar-refractivity contribution >= 4 is 5.97 Å². The van der Waals surface area contributed by atoms with Crippen LogP contribution >= 0.6 is 0 Å². The van der Waals surface area contributed by atoms with Crippen molar-refractivity contribution in [3.63, 3.8) is 0 Å². The lowest BCUT2D eigenvalue weighted by Gasteiger charge is -2.37. The molecule has 3 unspecified atom stereocenters. The second kappa shape index (κ2) is 3.54. The summed E-state index contributed by atoms with van der Waals surface area (Å²) in [5.41, 5.74) is -0.0660. The lowest BCUT2D eigenvalue weighted by molar-refractivity contribution is -0.139. The zero-order valence-corrected chi connectivity index (χ0v) is 8.75. The van der Waals surface area contributed by atoms with E-state index in [0.29, 0.717) is 12.3 Å². The van der Waals surface area contributed by atoms with Gasteiger partial charge in [-0.3, -0.25) is 4.79 Å². The number of rotatable bonds is 4. The predicted octanol–water partition coefficient (Wildman–Crippen LogP) is 1.63. The van der Waals surface area contributed by atoms with Crippen LogP contribution in [0.1, 0.15) is 39.0 Å². The topological polar surface area (TPSA) is 49.3 Å². The van der Waals surface area contributed by atoms with Crippen molar-refractivity contribution in [2.75, 3.05) is 6.54 Å². The third kappa shape index (κ3) is 1.65. The van der Waals surface area contributed by atoms with E-state index in [1.807, 2.05) is 0 Å². The van der Waals surface area contributed by atoms with E-state index in [4.69, 9.17) is 5.11 Å². The van der Waals surface area contributed by atoms with Gasteiger partial charge >= 0.3 is 5.97 Å². The van der Waals surface area contributed by atoms with E-state index in [1.165, 1.54) is 19.3 Å². The molecule has 2 rings (SSSR count). The molecule has 0 radical (unpaired) electrons. The second-order valence-corrected chi connectivity index (χ2v) is 4.75. The molecule has 3 heteroatoms. The van der Waals surface area contributed by atoms with Crippen LogP contribution in [0.25, 0.3) is 0 Å². The standard InChI is InChI=1S/C11H19NO2/c1-2-12-11(7-10(13)14)5-3-4-8-6-9(8)11/h8-9,12H,2-7H2,1H3,(H,13,14). The second-order valence-electron chi connectivity index (χ2n) is 4.75. The maximum Gasteiger partial charge on any atom is 0.305 e. The maximum absolute atomic E-state index is 10.9. The Morgan fingerprint density at radius 3 is 3.07 bits per heavy atom. The number of nitrogens with one attached hydrogen (secondary N) is 1. The summed E-state index contributed by atoms with van der Waals surface area (Å²) < 4.78 is 0. The van der Waals surface area contributed by atoms with Gasteiger partial charge in [-0.05, 0) is 31.2 Å². The van der Waals surface area contributed by atoms with E-state index in [0.717, 1.165) is 18.9 Å². The van der Waals surface area contributed by atoms with E-state index in [9.17, 15) is 4.79 Å². The normalized spacial score (nSPS) is 40.4. The molecule has 3 nitrogen and oxygen atoms in total. The molecule has 0 amide bonds. The Hall–Kier alpha value is -0.570. The zero-order valence-electron chi connectivity index (χ0n) is 8.75. The van der Waals surface area contributed by atoms with Crippen molar-refractivity contribution in [3.05, 3.63) is 0 Å². The van der Waals surface area contributed by atoms with Crippen molar-refractivity contribution < 1.29 is 9.90 Å². The quantitative estimate of drug-likeness (QED) is 0.720. The minimum atomic E-state index is -0.654. The van der Waals surface area contributed by atoms with E-state index in [2.05, 4.69) is 12.2 Å². The third-order valence-corrected chi connectivity index (χ3v) is 3.83. The van der Waals surface area contributed by atoms with Crippen LogP contribution in [0.3, 0.4) is 0 Å². The van der Waals surface area contributed by atoms with Crippen LogP contribution in [0.15, 0.2) is 0 Å². The van der Waals surface area contributed by atoms with Crippen LogP contribution in [-0.4, -0.2) is 23.2 Å². The van der Waals surface area contributed by atoms with Crippen molar-refractivity contribution in [2.45, 2.75) is 44.6 Å². The Balaban J connectivity index is 2.08. The average Bonchev–Trinajstić information content (AvgIpc) is 2.83. The zero-order chi connectivity index (χ0) is 10.2. The van der Waals surface area contributed by atoms with Gasteiger partial charge in [-0.1, -0.05) is 19.8 Å². The Labute approximate surface area is 84.9 Å². The summed E-state index contributed by atoms with van der Waals surface area (Å²) in [4.78, 5) is 10.9. The smallest absolute Gasteiger partial charge is 0.305 e. The summed E-state index contributed by atoms with van der Waals surface area (Å²) in [6.07, 6.45) is 5.12. The van der Waals surface area contributed by atoms with Crippen LogP contribution < -0.4 is 5.32 Å². The molecule has 0 aromatic rings. The minimum absolute atomic E-state index is 0.0660. The molecule has 0 aliphatic heterocycles. The molecule has 2 fully saturated rings. The van der Waals surface area contributed by atoms with Gasteiger partial charge < -0.3 is 10.4 Å². The number of carbonyl (C=O) groups is 1. The van der Waals surface area contributed by atoms with Crippen LogP contribution in [0.5, 0.6) is 0 Å². The average molecular weight is 197 g/mol. The van der Waals surface area contributed by atoms with Gasteiger partial charge in [0, 0.05) is 5.54 Å². The molecule has 0 bridgehead atoms. The van der Waals surface area contributed by atoms with Crippen molar-refractivity contribution in [3.8, 4) is 0 Å². The molecule has 0 spiro atoms. The minimum Gasteiger partial charge on any atom is -0.481 e. The highest BCUT2D eigenvalue weighted by molar-refractivity contribution is 5.68. The molecule has 0 aromatic carbocycles. The van der Waals surface area contributed by atoms with Gasteiger partial charge in [-0.25, -0.2) is 0 Å². The molecule has 0 saturated heterocycles.